The fourth-order valence-corrected chi connectivity index (χ4v) is 2.65. The van der Waals surface area contributed by atoms with Crippen molar-refractivity contribution < 1.29 is 4.79 Å². The van der Waals surface area contributed by atoms with Gasteiger partial charge in [0.15, 0.2) is 5.78 Å². The van der Waals surface area contributed by atoms with Crippen molar-refractivity contribution in [1.29, 1.82) is 0 Å². The van der Waals surface area contributed by atoms with Gasteiger partial charge in [-0.2, -0.15) is 0 Å². The van der Waals surface area contributed by atoms with Gasteiger partial charge < -0.3 is 5.73 Å². The monoisotopic (exact) mass is 245 g/mol. The van der Waals surface area contributed by atoms with Crippen LogP contribution in [0.25, 0.3) is 0 Å². The maximum Gasteiger partial charge on any atom is 0.196 e. The quantitative estimate of drug-likeness (QED) is 0.842. The van der Waals surface area contributed by atoms with Gasteiger partial charge >= 0.3 is 0 Å². The Morgan fingerprint density at radius 2 is 2.00 bits per heavy atom. The third kappa shape index (κ3) is 2.24. The first-order valence-corrected chi connectivity index (χ1v) is 6.43. The first-order valence-electron chi connectivity index (χ1n) is 5.62. The van der Waals surface area contributed by atoms with Gasteiger partial charge in [0.05, 0.1) is 10.6 Å². The van der Waals surface area contributed by atoms with E-state index in [0.29, 0.717) is 10.6 Å². The summed E-state index contributed by atoms with van der Waals surface area (Å²) in [5.74, 6) is 0.0246. The Morgan fingerprint density at radius 1 is 1.29 bits per heavy atom. The van der Waals surface area contributed by atoms with Gasteiger partial charge in [0.2, 0.25) is 0 Å². The van der Waals surface area contributed by atoms with E-state index in [1.165, 1.54) is 11.3 Å². The van der Waals surface area contributed by atoms with Crippen molar-refractivity contribution in [2.75, 3.05) is 5.73 Å². The van der Waals surface area contributed by atoms with E-state index in [9.17, 15) is 4.79 Å². The molecule has 0 spiro atoms. The maximum absolute atomic E-state index is 12.3. The molecule has 1 aromatic carbocycles. The lowest BCUT2D eigenvalue weighted by Gasteiger charge is -2.03. The lowest BCUT2D eigenvalue weighted by molar-refractivity contribution is 0.103. The summed E-state index contributed by atoms with van der Waals surface area (Å²) in [6.45, 7) is 4.00. The standard InChI is InChI=1S/C14H15NOS/c1-3-10-8-12(14(15)17-10)13(16)11-7-5-4-6-9(11)2/h4-8H,3,15H2,1-2H3. The predicted molar refractivity (Wildman–Crippen MR) is 72.7 cm³/mol. The number of nitrogens with two attached hydrogens (primary N) is 1. The summed E-state index contributed by atoms with van der Waals surface area (Å²) in [7, 11) is 0. The first-order chi connectivity index (χ1) is 8.13. The number of aryl methyl sites for hydroxylation is 2. The molecule has 0 radical (unpaired) electrons. The first kappa shape index (κ1) is 11.9. The van der Waals surface area contributed by atoms with Crippen LogP contribution in [0.15, 0.2) is 30.3 Å². The number of hydrogen-bond donors (Lipinski definition) is 1. The molecule has 1 aromatic heterocycles. The van der Waals surface area contributed by atoms with Gasteiger partial charge in [-0.05, 0) is 25.0 Å². The molecule has 0 unspecified atom stereocenters. The van der Waals surface area contributed by atoms with Gasteiger partial charge in [-0.25, -0.2) is 0 Å². The van der Waals surface area contributed by atoms with E-state index in [-0.39, 0.29) is 5.78 Å². The summed E-state index contributed by atoms with van der Waals surface area (Å²) in [5.41, 5.74) is 8.27. The third-order valence-corrected chi connectivity index (χ3v) is 3.90. The van der Waals surface area contributed by atoms with Gasteiger partial charge in [0.1, 0.15) is 0 Å². The number of carbonyl (C=O) groups excluding carboxylic acids is 1. The van der Waals surface area contributed by atoms with E-state index in [1.807, 2.05) is 37.3 Å². The van der Waals surface area contributed by atoms with Gasteiger partial charge in [-0.3, -0.25) is 4.79 Å². The van der Waals surface area contributed by atoms with E-state index < -0.39 is 0 Å². The molecule has 0 amide bonds. The normalized spacial score (nSPS) is 10.5. The molecule has 1 heterocycles. The molecule has 2 N–H and O–H groups in total. The van der Waals surface area contributed by atoms with Crippen molar-refractivity contribution in [3.8, 4) is 0 Å². The van der Waals surface area contributed by atoms with Crippen LogP contribution in [0.5, 0.6) is 0 Å². The molecule has 0 aliphatic heterocycles. The summed E-state index contributed by atoms with van der Waals surface area (Å²) in [5, 5.41) is 0.620. The molecule has 0 atom stereocenters. The molecule has 0 bridgehead atoms. The Bertz CT molecular complexity index is 557. The van der Waals surface area contributed by atoms with Crippen molar-refractivity contribution in [1.82, 2.24) is 0 Å². The largest absolute Gasteiger partial charge is 0.390 e. The molecule has 2 aromatic rings. The second-order valence-corrected chi connectivity index (χ2v) is 5.16. The number of rotatable bonds is 3. The highest BCUT2D eigenvalue weighted by Gasteiger charge is 2.16. The average molecular weight is 245 g/mol. The van der Waals surface area contributed by atoms with Crippen LogP contribution in [0.2, 0.25) is 0 Å². The number of benzene rings is 1. The van der Waals surface area contributed by atoms with E-state index in [4.69, 9.17) is 5.73 Å². The summed E-state index contributed by atoms with van der Waals surface area (Å²) in [4.78, 5) is 13.5. The summed E-state index contributed by atoms with van der Waals surface area (Å²) >= 11 is 1.50. The molecule has 0 saturated carbocycles. The molecule has 0 aliphatic carbocycles. The molecule has 2 rings (SSSR count). The van der Waals surface area contributed by atoms with E-state index >= 15 is 0 Å². The second kappa shape index (κ2) is 4.72. The van der Waals surface area contributed by atoms with Crippen LogP contribution in [-0.4, -0.2) is 5.78 Å². The van der Waals surface area contributed by atoms with Crippen LogP contribution in [0, 0.1) is 6.92 Å². The smallest absolute Gasteiger partial charge is 0.196 e. The van der Waals surface area contributed by atoms with Crippen LogP contribution in [-0.2, 0) is 6.42 Å². The molecule has 2 nitrogen and oxygen atoms in total. The minimum Gasteiger partial charge on any atom is -0.390 e. The summed E-state index contributed by atoms with van der Waals surface area (Å²) in [6.07, 6.45) is 0.913. The number of hydrogen-bond acceptors (Lipinski definition) is 3. The number of ketones is 1. The van der Waals surface area contributed by atoms with Gasteiger partial charge in [0.25, 0.3) is 0 Å². The van der Waals surface area contributed by atoms with Crippen LogP contribution in [0.4, 0.5) is 5.00 Å². The number of thiophene rings is 1. The second-order valence-electron chi connectivity index (χ2n) is 3.99. The third-order valence-electron chi connectivity index (χ3n) is 2.79. The zero-order valence-corrected chi connectivity index (χ0v) is 10.8. The molecule has 0 saturated heterocycles. The van der Waals surface area contributed by atoms with Gasteiger partial charge in [0, 0.05) is 10.4 Å². The number of carbonyl (C=O) groups is 1. The Morgan fingerprint density at radius 3 is 2.59 bits per heavy atom. The Labute approximate surface area is 105 Å². The number of anilines is 1. The van der Waals surface area contributed by atoms with Crippen molar-refractivity contribution in [3.63, 3.8) is 0 Å². The zero-order valence-electron chi connectivity index (χ0n) is 9.99. The highest BCUT2D eigenvalue weighted by atomic mass is 32.1. The zero-order chi connectivity index (χ0) is 12.4. The fourth-order valence-electron chi connectivity index (χ4n) is 1.78. The Kier molecular flexibility index (Phi) is 3.29. The molecular weight excluding hydrogens is 230 g/mol. The lowest BCUT2D eigenvalue weighted by Crippen LogP contribution is -2.04. The van der Waals surface area contributed by atoms with Crippen molar-refractivity contribution in [2.45, 2.75) is 20.3 Å². The summed E-state index contributed by atoms with van der Waals surface area (Å²) < 4.78 is 0. The van der Waals surface area contributed by atoms with E-state index in [0.717, 1.165) is 22.4 Å². The average Bonchev–Trinajstić information content (AvgIpc) is 2.70. The SMILES string of the molecule is CCc1cc(C(=O)c2ccccc2C)c(N)s1. The van der Waals surface area contributed by atoms with Crippen LogP contribution in [0.1, 0.15) is 33.3 Å². The molecule has 17 heavy (non-hydrogen) atoms. The molecule has 88 valence electrons. The molecular formula is C14H15NOS. The maximum atomic E-state index is 12.3. The molecule has 0 aliphatic rings. The summed E-state index contributed by atoms with van der Waals surface area (Å²) in [6, 6.07) is 9.51. The predicted octanol–water partition coefficient (Wildman–Crippen LogP) is 3.43. The van der Waals surface area contributed by atoms with Crippen molar-refractivity contribution >= 4 is 22.1 Å². The highest BCUT2D eigenvalue weighted by molar-refractivity contribution is 7.16. The van der Waals surface area contributed by atoms with Crippen LogP contribution >= 0.6 is 11.3 Å². The van der Waals surface area contributed by atoms with Gasteiger partial charge in [-0.1, -0.05) is 31.2 Å². The lowest BCUT2D eigenvalue weighted by atomic mass is 10.0. The fraction of sp³-hybridized carbons (Fsp3) is 0.214. The highest BCUT2D eigenvalue weighted by Crippen LogP contribution is 2.28. The van der Waals surface area contributed by atoms with Gasteiger partial charge in [-0.15, -0.1) is 11.3 Å². The van der Waals surface area contributed by atoms with Crippen LogP contribution in [0.3, 0.4) is 0 Å². The van der Waals surface area contributed by atoms with E-state index in [2.05, 4.69) is 6.92 Å². The van der Waals surface area contributed by atoms with Crippen molar-refractivity contribution in [2.24, 2.45) is 0 Å². The topological polar surface area (TPSA) is 43.1 Å². The van der Waals surface area contributed by atoms with Crippen molar-refractivity contribution in [3.05, 3.63) is 51.9 Å². The minimum atomic E-state index is 0.0246. The molecule has 3 heteroatoms. The minimum absolute atomic E-state index is 0.0246. The Balaban J connectivity index is 2.44. The Hall–Kier alpha value is -1.61. The van der Waals surface area contributed by atoms with Crippen LogP contribution < -0.4 is 5.73 Å². The number of nitrogen functional groups attached to an aromatic ring is 1. The van der Waals surface area contributed by atoms with E-state index in [1.54, 1.807) is 0 Å². The molecule has 0 fully saturated rings.